The highest BCUT2D eigenvalue weighted by molar-refractivity contribution is 5.77. The van der Waals surface area contributed by atoms with Gasteiger partial charge in [-0.1, -0.05) is 19.3 Å². The van der Waals surface area contributed by atoms with Crippen molar-refractivity contribution in [3.8, 4) is 0 Å². The van der Waals surface area contributed by atoms with Gasteiger partial charge in [0.1, 0.15) is 0 Å². The summed E-state index contributed by atoms with van der Waals surface area (Å²) in [6.45, 7) is 1.35. The van der Waals surface area contributed by atoms with Crippen molar-refractivity contribution in [1.82, 2.24) is 4.90 Å². The van der Waals surface area contributed by atoms with Crippen LogP contribution in [0.2, 0.25) is 0 Å². The number of rotatable bonds is 7. The number of nitrogens with zero attached hydrogens (tertiary/aromatic N) is 1. The maximum absolute atomic E-state index is 12.2. The molecule has 3 N–H and O–H groups in total. The number of hydrogen-bond donors (Lipinski definition) is 2. The quantitative estimate of drug-likeness (QED) is 0.697. The van der Waals surface area contributed by atoms with E-state index in [2.05, 4.69) is 0 Å². The van der Waals surface area contributed by atoms with Crippen molar-refractivity contribution in [2.45, 2.75) is 44.1 Å². The minimum atomic E-state index is -0.337. The molecule has 0 bridgehead atoms. The van der Waals surface area contributed by atoms with Crippen LogP contribution in [-0.4, -0.2) is 54.9 Å². The minimum Gasteiger partial charge on any atom is -0.395 e. The fourth-order valence-corrected chi connectivity index (χ4v) is 2.53. The van der Waals surface area contributed by atoms with E-state index >= 15 is 0 Å². The molecule has 0 aliphatic heterocycles. The van der Waals surface area contributed by atoms with Gasteiger partial charge in [0.05, 0.1) is 13.2 Å². The third-order valence-corrected chi connectivity index (χ3v) is 3.64. The van der Waals surface area contributed by atoms with Gasteiger partial charge in [-0.2, -0.15) is 0 Å². The molecule has 0 radical (unpaired) electrons. The van der Waals surface area contributed by atoms with E-state index < -0.39 is 0 Å². The number of nitrogens with two attached hydrogens (primary N) is 1. The topological polar surface area (TPSA) is 75.8 Å². The van der Waals surface area contributed by atoms with Crippen molar-refractivity contribution >= 4 is 5.91 Å². The molecule has 1 aliphatic rings. The van der Waals surface area contributed by atoms with Crippen LogP contribution in [0.1, 0.15) is 38.5 Å². The average Bonchev–Trinajstić information content (AvgIpc) is 2.34. The molecule has 0 heterocycles. The minimum absolute atomic E-state index is 0.0208. The molecule has 0 unspecified atom stereocenters. The average molecular weight is 258 g/mol. The fourth-order valence-electron chi connectivity index (χ4n) is 2.53. The van der Waals surface area contributed by atoms with E-state index in [0.29, 0.717) is 26.1 Å². The number of carbonyl (C=O) groups excluding carboxylic acids is 1. The summed E-state index contributed by atoms with van der Waals surface area (Å²) in [4.78, 5) is 13.8. The van der Waals surface area contributed by atoms with Crippen molar-refractivity contribution in [1.29, 1.82) is 0 Å². The standard InChI is InChI=1S/C13H26N2O3/c1-18-10-8-15(7-9-16)12(17)11-13(14)5-3-2-4-6-13/h16H,2-11,14H2,1H3. The molecule has 0 saturated heterocycles. The Kier molecular flexibility index (Phi) is 6.60. The molecule has 0 aromatic carbocycles. The number of amides is 1. The first-order chi connectivity index (χ1) is 8.61. The van der Waals surface area contributed by atoms with Crippen LogP contribution < -0.4 is 5.73 Å². The molecule has 5 nitrogen and oxygen atoms in total. The van der Waals surface area contributed by atoms with Crippen molar-refractivity contribution in [2.24, 2.45) is 5.73 Å². The molecule has 0 spiro atoms. The molecule has 0 atom stereocenters. The van der Waals surface area contributed by atoms with Gasteiger partial charge in [0.2, 0.25) is 5.91 Å². The Morgan fingerprint density at radius 1 is 1.33 bits per heavy atom. The van der Waals surface area contributed by atoms with E-state index in [-0.39, 0.29) is 18.1 Å². The monoisotopic (exact) mass is 258 g/mol. The van der Waals surface area contributed by atoms with Crippen molar-refractivity contribution in [3.05, 3.63) is 0 Å². The van der Waals surface area contributed by atoms with Gasteiger partial charge in [0.15, 0.2) is 0 Å². The van der Waals surface area contributed by atoms with Gasteiger partial charge < -0.3 is 20.5 Å². The molecule has 18 heavy (non-hydrogen) atoms. The highest BCUT2D eigenvalue weighted by Crippen LogP contribution is 2.29. The van der Waals surface area contributed by atoms with E-state index in [1.54, 1.807) is 12.0 Å². The van der Waals surface area contributed by atoms with Gasteiger partial charge in [-0.15, -0.1) is 0 Å². The number of methoxy groups -OCH3 is 1. The van der Waals surface area contributed by atoms with Gasteiger partial charge >= 0.3 is 0 Å². The summed E-state index contributed by atoms with van der Waals surface area (Å²) >= 11 is 0. The zero-order valence-corrected chi connectivity index (χ0v) is 11.4. The Morgan fingerprint density at radius 2 is 2.00 bits per heavy atom. The van der Waals surface area contributed by atoms with Crippen LogP contribution >= 0.6 is 0 Å². The van der Waals surface area contributed by atoms with Crippen LogP contribution in [0, 0.1) is 0 Å². The van der Waals surface area contributed by atoms with Gasteiger partial charge in [-0.05, 0) is 12.8 Å². The molecule has 0 aromatic rings. The zero-order chi connectivity index (χ0) is 13.4. The smallest absolute Gasteiger partial charge is 0.224 e. The highest BCUT2D eigenvalue weighted by Gasteiger charge is 2.31. The predicted molar refractivity (Wildman–Crippen MR) is 70.2 cm³/mol. The SMILES string of the molecule is COCCN(CCO)C(=O)CC1(N)CCCCC1. The van der Waals surface area contributed by atoms with Crippen molar-refractivity contribution < 1.29 is 14.6 Å². The van der Waals surface area contributed by atoms with Crippen LogP contribution in [0.15, 0.2) is 0 Å². The van der Waals surface area contributed by atoms with Gasteiger partial charge in [0.25, 0.3) is 0 Å². The first-order valence-electron chi connectivity index (χ1n) is 6.78. The normalized spacial score (nSPS) is 18.6. The summed E-state index contributed by atoms with van der Waals surface area (Å²) < 4.78 is 4.98. The fraction of sp³-hybridized carbons (Fsp3) is 0.923. The zero-order valence-electron chi connectivity index (χ0n) is 11.4. The molecule has 1 aliphatic carbocycles. The highest BCUT2D eigenvalue weighted by atomic mass is 16.5. The molecular formula is C13H26N2O3. The van der Waals surface area contributed by atoms with E-state index in [4.69, 9.17) is 15.6 Å². The first-order valence-corrected chi connectivity index (χ1v) is 6.78. The summed E-state index contributed by atoms with van der Waals surface area (Å²) in [6.07, 6.45) is 5.68. The largest absolute Gasteiger partial charge is 0.395 e. The summed E-state index contributed by atoms with van der Waals surface area (Å²) in [5.41, 5.74) is 5.94. The predicted octanol–water partition coefficient (Wildman–Crippen LogP) is 0.505. The summed E-state index contributed by atoms with van der Waals surface area (Å²) in [6, 6.07) is 0. The Morgan fingerprint density at radius 3 is 2.56 bits per heavy atom. The second-order valence-corrected chi connectivity index (χ2v) is 5.20. The lowest BCUT2D eigenvalue weighted by atomic mass is 9.80. The lowest BCUT2D eigenvalue weighted by molar-refractivity contribution is -0.134. The lowest BCUT2D eigenvalue weighted by Gasteiger charge is -2.34. The molecule has 1 fully saturated rings. The van der Waals surface area contributed by atoms with Crippen LogP contribution in [-0.2, 0) is 9.53 Å². The third-order valence-electron chi connectivity index (χ3n) is 3.64. The van der Waals surface area contributed by atoms with Gasteiger partial charge in [-0.3, -0.25) is 4.79 Å². The van der Waals surface area contributed by atoms with E-state index in [1.165, 1.54) is 6.42 Å². The van der Waals surface area contributed by atoms with Crippen molar-refractivity contribution in [2.75, 3.05) is 33.4 Å². The number of aliphatic hydroxyl groups excluding tert-OH is 1. The number of carbonyl (C=O) groups is 1. The molecule has 1 amide bonds. The molecule has 5 heteroatoms. The second kappa shape index (κ2) is 7.71. The van der Waals surface area contributed by atoms with Crippen LogP contribution in [0.4, 0.5) is 0 Å². The van der Waals surface area contributed by atoms with E-state index in [1.807, 2.05) is 0 Å². The summed E-state index contributed by atoms with van der Waals surface area (Å²) in [5.74, 6) is 0.0329. The number of ether oxygens (including phenoxy) is 1. The Bertz CT molecular complexity index is 253. The Balaban J connectivity index is 2.48. The first kappa shape index (κ1) is 15.4. The van der Waals surface area contributed by atoms with E-state index in [0.717, 1.165) is 25.7 Å². The van der Waals surface area contributed by atoms with Crippen LogP contribution in [0.5, 0.6) is 0 Å². The number of aliphatic hydroxyl groups is 1. The molecule has 0 aromatic heterocycles. The van der Waals surface area contributed by atoms with Crippen LogP contribution in [0.25, 0.3) is 0 Å². The lowest BCUT2D eigenvalue weighted by Crippen LogP contribution is -2.48. The van der Waals surface area contributed by atoms with Gasteiger partial charge in [0, 0.05) is 32.2 Å². The number of hydrogen-bond acceptors (Lipinski definition) is 4. The van der Waals surface area contributed by atoms with Crippen LogP contribution in [0.3, 0.4) is 0 Å². The molecule has 1 saturated carbocycles. The van der Waals surface area contributed by atoms with Gasteiger partial charge in [-0.25, -0.2) is 0 Å². The maximum Gasteiger partial charge on any atom is 0.224 e. The Hall–Kier alpha value is -0.650. The summed E-state index contributed by atoms with van der Waals surface area (Å²) in [5, 5.41) is 8.99. The second-order valence-electron chi connectivity index (χ2n) is 5.20. The molecule has 1 rings (SSSR count). The van der Waals surface area contributed by atoms with E-state index in [9.17, 15) is 4.79 Å². The molecule has 106 valence electrons. The maximum atomic E-state index is 12.2. The summed E-state index contributed by atoms with van der Waals surface area (Å²) in [7, 11) is 1.60. The Labute approximate surface area is 109 Å². The molecular weight excluding hydrogens is 232 g/mol. The van der Waals surface area contributed by atoms with Crippen molar-refractivity contribution in [3.63, 3.8) is 0 Å². The third kappa shape index (κ3) is 4.92.